The van der Waals surface area contributed by atoms with Gasteiger partial charge in [0.05, 0.1) is 5.56 Å². The minimum atomic E-state index is -0.139. The van der Waals surface area contributed by atoms with Crippen LogP contribution in [0.1, 0.15) is 17.3 Å². The van der Waals surface area contributed by atoms with Gasteiger partial charge in [0.2, 0.25) is 0 Å². The molecule has 0 aromatic heterocycles. The van der Waals surface area contributed by atoms with Crippen molar-refractivity contribution in [2.75, 3.05) is 13.2 Å². The van der Waals surface area contributed by atoms with E-state index in [9.17, 15) is 4.79 Å². The number of halogens is 2. The van der Waals surface area contributed by atoms with E-state index >= 15 is 0 Å². The summed E-state index contributed by atoms with van der Waals surface area (Å²) in [5, 5.41) is 11.6. The molecule has 1 rings (SSSR count). The van der Waals surface area contributed by atoms with Crippen molar-refractivity contribution in [3.63, 3.8) is 0 Å². The van der Waals surface area contributed by atoms with Crippen LogP contribution in [-0.4, -0.2) is 24.2 Å². The van der Waals surface area contributed by atoms with Crippen molar-refractivity contribution < 1.29 is 9.90 Å². The van der Waals surface area contributed by atoms with Crippen LogP contribution in [0.5, 0.6) is 0 Å². The van der Waals surface area contributed by atoms with Gasteiger partial charge in [-0.05, 0) is 40.0 Å². The number of aliphatic hydroxyl groups excluding tert-OH is 1. The Bertz CT molecular complexity index is 382. The second-order valence-electron chi connectivity index (χ2n) is 3.62. The molecular formula is C11H13Br2NO2. The molecule has 5 heteroatoms. The number of benzene rings is 1. The third-order valence-corrected chi connectivity index (χ3v) is 3.25. The van der Waals surface area contributed by atoms with Crippen LogP contribution in [0, 0.1) is 5.92 Å². The van der Waals surface area contributed by atoms with Crippen molar-refractivity contribution in [2.24, 2.45) is 5.92 Å². The lowest BCUT2D eigenvalue weighted by Crippen LogP contribution is -2.29. The summed E-state index contributed by atoms with van der Waals surface area (Å²) in [6.45, 7) is 2.41. The van der Waals surface area contributed by atoms with Gasteiger partial charge in [-0.15, -0.1) is 0 Å². The first kappa shape index (κ1) is 13.7. The molecule has 0 aliphatic carbocycles. The van der Waals surface area contributed by atoms with Gasteiger partial charge < -0.3 is 10.4 Å². The lowest BCUT2D eigenvalue weighted by molar-refractivity contribution is 0.0941. The molecule has 1 aromatic carbocycles. The summed E-state index contributed by atoms with van der Waals surface area (Å²) in [5.41, 5.74) is 0.591. The minimum absolute atomic E-state index is 0.0678. The molecule has 2 N–H and O–H groups in total. The third-order valence-electron chi connectivity index (χ3n) is 2.10. The maximum atomic E-state index is 11.8. The molecule has 1 atom stereocenters. The van der Waals surface area contributed by atoms with Crippen LogP contribution in [0.3, 0.4) is 0 Å². The van der Waals surface area contributed by atoms with Gasteiger partial charge in [-0.2, -0.15) is 0 Å². The molecule has 0 aliphatic heterocycles. The van der Waals surface area contributed by atoms with Crippen LogP contribution >= 0.6 is 31.9 Å². The molecule has 88 valence electrons. The summed E-state index contributed by atoms with van der Waals surface area (Å²) in [7, 11) is 0. The van der Waals surface area contributed by atoms with Crippen LogP contribution in [-0.2, 0) is 0 Å². The topological polar surface area (TPSA) is 49.3 Å². The summed E-state index contributed by atoms with van der Waals surface area (Å²) in [6, 6.07) is 5.38. The molecule has 0 aliphatic rings. The molecule has 0 spiro atoms. The van der Waals surface area contributed by atoms with Crippen molar-refractivity contribution in [1.82, 2.24) is 5.32 Å². The van der Waals surface area contributed by atoms with Crippen molar-refractivity contribution in [3.05, 3.63) is 32.7 Å². The highest BCUT2D eigenvalue weighted by molar-refractivity contribution is 9.11. The minimum Gasteiger partial charge on any atom is -0.396 e. The van der Waals surface area contributed by atoms with Gasteiger partial charge in [-0.25, -0.2) is 0 Å². The molecule has 16 heavy (non-hydrogen) atoms. The first-order chi connectivity index (χ1) is 7.54. The van der Waals surface area contributed by atoms with E-state index in [2.05, 4.69) is 37.2 Å². The van der Waals surface area contributed by atoms with Crippen molar-refractivity contribution in [1.29, 1.82) is 0 Å². The zero-order valence-electron chi connectivity index (χ0n) is 8.84. The summed E-state index contributed by atoms with van der Waals surface area (Å²) >= 11 is 6.66. The molecule has 1 unspecified atom stereocenters. The number of amides is 1. The molecule has 1 amide bonds. The lowest BCUT2D eigenvalue weighted by Gasteiger charge is -2.10. The van der Waals surface area contributed by atoms with Gasteiger partial charge in [0, 0.05) is 22.1 Å². The van der Waals surface area contributed by atoms with Crippen LogP contribution < -0.4 is 5.32 Å². The van der Waals surface area contributed by atoms with E-state index in [1.807, 2.05) is 19.1 Å². The van der Waals surface area contributed by atoms with Crippen molar-refractivity contribution in [2.45, 2.75) is 6.92 Å². The number of rotatable bonds is 4. The molecule has 0 saturated heterocycles. The average Bonchev–Trinajstić information content (AvgIpc) is 2.25. The number of nitrogens with one attached hydrogen (secondary N) is 1. The predicted octanol–water partition coefficient (Wildman–Crippen LogP) is 2.57. The summed E-state index contributed by atoms with van der Waals surface area (Å²) in [5.74, 6) is -0.0714. The highest BCUT2D eigenvalue weighted by Crippen LogP contribution is 2.21. The van der Waals surface area contributed by atoms with Crippen LogP contribution in [0.2, 0.25) is 0 Å². The Morgan fingerprint density at radius 3 is 2.75 bits per heavy atom. The first-order valence-corrected chi connectivity index (χ1v) is 6.47. The zero-order valence-corrected chi connectivity index (χ0v) is 12.0. The van der Waals surface area contributed by atoms with Gasteiger partial charge in [-0.3, -0.25) is 4.79 Å². The Morgan fingerprint density at radius 2 is 2.19 bits per heavy atom. The number of carbonyl (C=O) groups is 1. The largest absolute Gasteiger partial charge is 0.396 e. The van der Waals surface area contributed by atoms with E-state index in [-0.39, 0.29) is 18.4 Å². The highest BCUT2D eigenvalue weighted by atomic mass is 79.9. The van der Waals surface area contributed by atoms with E-state index in [0.717, 1.165) is 8.95 Å². The normalized spacial score (nSPS) is 12.2. The number of carbonyl (C=O) groups excluding carboxylic acids is 1. The smallest absolute Gasteiger partial charge is 0.252 e. The summed E-state index contributed by atoms with van der Waals surface area (Å²) in [6.07, 6.45) is 0. The first-order valence-electron chi connectivity index (χ1n) is 4.88. The van der Waals surface area contributed by atoms with E-state index in [4.69, 9.17) is 5.11 Å². The van der Waals surface area contributed by atoms with Gasteiger partial charge in [0.25, 0.3) is 5.91 Å². The zero-order chi connectivity index (χ0) is 12.1. The van der Waals surface area contributed by atoms with E-state index in [0.29, 0.717) is 12.1 Å². The van der Waals surface area contributed by atoms with Gasteiger partial charge in [0.15, 0.2) is 0 Å². The SMILES string of the molecule is CC(CO)CNC(=O)c1ccc(Br)cc1Br. The number of hydrogen-bond donors (Lipinski definition) is 2. The van der Waals surface area contributed by atoms with E-state index in [1.165, 1.54) is 0 Å². The monoisotopic (exact) mass is 349 g/mol. The molecule has 3 nitrogen and oxygen atoms in total. The number of hydrogen-bond acceptors (Lipinski definition) is 2. The van der Waals surface area contributed by atoms with Gasteiger partial charge in [-0.1, -0.05) is 22.9 Å². The van der Waals surface area contributed by atoms with Crippen LogP contribution in [0.15, 0.2) is 27.1 Å². The second kappa shape index (κ2) is 6.37. The molecule has 0 fully saturated rings. The summed E-state index contributed by atoms with van der Waals surface area (Å²) < 4.78 is 1.66. The Kier molecular flexibility index (Phi) is 5.44. The van der Waals surface area contributed by atoms with Crippen LogP contribution in [0.25, 0.3) is 0 Å². The fraction of sp³-hybridized carbons (Fsp3) is 0.364. The quantitative estimate of drug-likeness (QED) is 0.876. The maximum absolute atomic E-state index is 11.8. The molecule has 0 saturated carbocycles. The average molecular weight is 351 g/mol. The Balaban J connectivity index is 2.66. The van der Waals surface area contributed by atoms with E-state index in [1.54, 1.807) is 6.07 Å². The molecule has 0 radical (unpaired) electrons. The third kappa shape index (κ3) is 3.88. The fourth-order valence-electron chi connectivity index (χ4n) is 1.10. The maximum Gasteiger partial charge on any atom is 0.252 e. The molecular weight excluding hydrogens is 338 g/mol. The van der Waals surface area contributed by atoms with E-state index < -0.39 is 0 Å². The predicted molar refractivity (Wildman–Crippen MR) is 70.4 cm³/mol. The van der Waals surface area contributed by atoms with Crippen molar-refractivity contribution in [3.8, 4) is 0 Å². The Morgan fingerprint density at radius 1 is 1.50 bits per heavy atom. The Labute approximate surface area is 111 Å². The van der Waals surface area contributed by atoms with Gasteiger partial charge in [0.1, 0.15) is 0 Å². The summed E-state index contributed by atoms with van der Waals surface area (Å²) in [4.78, 5) is 11.8. The second-order valence-corrected chi connectivity index (χ2v) is 5.39. The van der Waals surface area contributed by atoms with Crippen LogP contribution in [0.4, 0.5) is 0 Å². The fourth-order valence-corrected chi connectivity index (χ4v) is 2.33. The lowest BCUT2D eigenvalue weighted by atomic mass is 10.2. The molecule has 0 heterocycles. The molecule has 0 bridgehead atoms. The standard InChI is InChI=1S/C11H13Br2NO2/c1-7(6-15)5-14-11(16)9-3-2-8(12)4-10(9)13/h2-4,7,15H,5-6H2,1H3,(H,14,16). The van der Waals surface area contributed by atoms with Crippen molar-refractivity contribution >= 4 is 37.8 Å². The number of aliphatic hydroxyl groups is 1. The Hall–Kier alpha value is -0.390. The highest BCUT2D eigenvalue weighted by Gasteiger charge is 2.10. The van der Waals surface area contributed by atoms with Gasteiger partial charge >= 0.3 is 0 Å². The molecule has 1 aromatic rings.